The predicted octanol–water partition coefficient (Wildman–Crippen LogP) is 3.64. The van der Waals surface area contributed by atoms with Gasteiger partial charge in [-0.2, -0.15) is 0 Å². The fourth-order valence-corrected chi connectivity index (χ4v) is 6.82. The number of methoxy groups -OCH3 is 1. The molecule has 32 heavy (non-hydrogen) atoms. The number of rotatable bonds is 5. The Morgan fingerprint density at radius 3 is 2.31 bits per heavy atom. The molecular weight excluding hydrogens is 448 g/mol. The van der Waals surface area contributed by atoms with E-state index in [4.69, 9.17) is 9.47 Å². The summed E-state index contributed by atoms with van der Waals surface area (Å²) in [5, 5.41) is 0.0516. The molecule has 5 rings (SSSR count). The summed E-state index contributed by atoms with van der Waals surface area (Å²) in [6.07, 6.45) is 0. The zero-order valence-corrected chi connectivity index (χ0v) is 19.0. The Morgan fingerprint density at radius 2 is 1.66 bits per heavy atom. The van der Waals surface area contributed by atoms with Crippen LogP contribution in [-0.2, 0) is 9.59 Å². The van der Waals surface area contributed by atoms with Crippen molar-refractivity contribution >= 4 is 40.6 Å². The van der Waals surface area contributed by atoms with E-state index >= 15 is 0 Å². The summed E-state index contributed by atoms with van der Waals surface area (Å²) in [5.74, 6) is -0.156. The summed E-state index contributed by atoms with van der Waals surface area (Å²) in [6, 6.07) is 14.4. The Bertz CT molecular complexity index is 1230. The Labute approximate surface area is 192 Å². The summed E-state index contributed by atoms with van der Waals surface area (Å²) in [4.78, 5) is 43.9. The SMILES string of the molecule is CCOc1ccc(N2C(=O)C3Sc4[nH]c(=O)sc4C(c4ccc(OC)cc4)C3C2=O)cc1. The number of fused-ring (bicyclic) bond motifs is 2. The third-order valence-corrected chi connectivity index (χ3v) is 8.11. The van der Waals surface area contributed by atoms with Crippen molar-refractivity contribution in [3.05, 3.63) is 68.6 Å². The first-order chi connectivity index (χ1) is 15.5. The van der Waals surface area contributed by atoms with Gasteiger partial charge in [0, 0.05) is 10.8 Å². The number of hydrogen-bond acceptors (Lipinski definition) is 7. The number of anilines is 1. The minimum absolute atomic E-state index is 0.191. The van der Waals surface area contributed by atoms with Crippen molar-refractivity contribution in [2.45, 2.75) is 23.1 Å². The van der Waals surface area contributed by atoms with Gasteiger partial charge in [-0.15, -0.1) is 0 Å². The Balaban J connectivity index is 1.57. The number of hydrogen-bond donors (Lipinski definition) is 1. The monoisotopic (exact) mass is 468 g/mol. The standard InChI is InChI=1S/C23H20N2O5S2/c1-3-30-15-10-6-13(7-11-15)25-21(26)17-16(12-4-8-14(29-2)9-5-12)18-20(24-23(28)32-18)31-19(17)22(25)27/h4-11,16-17,19H,3H2,1-2H3,(H,24,28). The average molecular weight is 469 g/mol. The molecule has 0 saturated carbocycles. The van der Waals surface area contributed by atoms with Gasteiger partial charge in [-0.3, -0.25) is 14.4 Å². The van der Waals surface area contributed by atoms with E-state index in [9.17, 15) is 14.4 Å². The normalized spacial score (nSPS) is 21.9. The molecule has 2 amide bonds. The molecule has 1 N–H and O–H groups in total. The fourth-order valence-electron chi connectivity index (χ4n) is 4.30. The third-order valence-electron chi connectivity index (χ3n) is 5.70. The number of carbonyl (C=O) groups excluding carboxylic acids is 2. The Morgan fingerprint density at radius 1 is 0.969 bits per heavy atom. The maximum atomic E-state index is 13.6. The van der Waals surface area contributed by atoms with Crippen LogP contribution in [0.2, 0.25) is 0 Å². The van der Waals surface area contributed by atoms with Gasteiger partial charge in [-0.05, 0) is 48.9 Å². The number of aromatic nitrogens is 1. The molecule has 7 nitrogen and oxygen atoms in total. The van der Waals surface area contributed by atoms with Crippen molar-refractivity contribution in [1.29, 1.82) is 0 Å². The molecular formula is C23H20N2O5S2. The van der Waals surface area contributed by atoms with Crippen LogP contribution in [0.3, 0.4) is 0 Å². The van der Waals surface area contributed by atoms with Crippen molar-refractivity contribution in [1.82, 2.24) is 4.98 Å². The fraction of sp³-hybridized carbons (Fsp3) is 0.261. The van der Waals surface area contributed by atoms with E-state index in [0.29, 0.717) is 28.8 Å². The van der Waals surface area contributed by atoms with Gasteiger partial charge < -0.3 is 14.5 Å². The minimum Gasteiger partial charge on any atom is -0.497 e. The van der Waals surface area contributed by atoms with Crippen LogP contribution in [0.4, 0.5) is 5.69 Å². The second-order valence-electron chi connectivity index (χ2n) is 7.46. The topological polar surface area (TPSA) is 88.7 Å². The van der Waals surface area contributed by atoms with Gasteiger partial charge in [0.15, 0.2) is 0 Å². The quantitative estimate of drug-likeness (QED) is 0.575. The molecule has 1 aromatic heterocycles. The molecule has 2 aromatic carbocycles. The van der Waals surface area contributed by atoms with Crippen LogP contribution in [0.5, 0.6) is 11.5 Å². The number of aromatic amines is 1. The van der Waals surface area contributed by atoms with Crippen LogP contribution < -0.4 is 19.2 Å². The zero-order chi connectivity index (χ0) is 22.4. The molecule has 1 fully saturated rings. The first kappa shape index (κ1) is 20.8. The van der Waals surface area contributed by atoms with Crippen LogP contribution in [0, 0.1) is 5.92 Å². The summed E-state index contributed by atoms with van der Waals surface area (Å²) < 4.78 is 10.7. The van der Waals surface area contributed by atoms with Crippen molar-refractivity contribution in [3.8, 4) is 11.5 Å². The summed E-state index contributed by atoms with van der Waals surface area (Å²) >= 11 is 2.37. The second kappa shape index (κ2) is 8.14. The van der Waals surface area contributed by atoms with E-state index in [1.54, 1.807) is 31.4 Å². The molecule has 0 aliphatic carbocycles. The highest BCUT2D eigenvalue weighted by Crippen LogP contribution is 2.53. The molecule has 0 radical (unpaired) electrons. The second-order valence-corrected chi connectivity index (χ2v) is 9.63. The molecule has 3 heterocycles. The summed E-state index contributed by atoms with van der Waals surface area (Å²) in [5.41, 5.74) is 1.39. The highest BCUT2D eigenvalue weighted by atomic mass is 32.2. The number of amides is 2. The first-order valence-corrected chi connectivity index (χ1v) is 11.9. The molecule has 9 heteroatoms. The number of benzene rings is 2. The van der Waals surface area contributed by atoms with Crippen LogP contribution in [0.25, 0.3) is 0 Å². The number of nitrogens with zero attached hydrogens (tertiary/aromatic N) is 1. The van der Waals surface area contributed by atoms with Crippen LogP contribution in [0.1, 0.15) is 23.3 Å². The van der Waals surface area contributed by atoms with E-state index in [2.05, 4.69) is 4.98 Å². The van der Waals surface area contributed by atoms with E-state index in [1.807, 2.05) is 31.2 Å². The first-order valence-electron chi connectivity index (χ1n) is 10.2. The van der Waals surface area contributed by atoms with E-state index < -0.39 is 17.1 Å². The highest BCUT2D eigenvalue weighted by Gasteiger charge is 2.56. The molecule has 3 atom stereocenters. The average Bonchev–Trinajstić information content (AvgIpc) is 3.29. The maximum Gasteiger partial charge on any atom is 0.305 e. The lowest BCUT2D eigenvalue weighted by Crippen LogP contribution is -2.32. The van der Waals surface area contributed by atoms with Crippen LogP contribution >= 0.6 is 23.1 Å². The Kier molecular flexibility index (Phi) is 5.30. The lowest BCUT2D eigenvalue weighted by Gasteiger charge is -2.29. The van der Waals surface area contributed by atoms with Crippen LogP contribution in [0.15, 0.2) is 58.4 Å². The van der Waals surface area contributed by atoms with E-state index in [1.165, 1.54) is 16.7 Å². The smallest absolute Gasteiger partial charge is 0.305 e. The number of imide groups is 1. The molecule has 0 bridgehead atoms. The number of H-pyrrole nitrogens is 1. The van der Waals surface area contributed by atoms with Gasteiger partial charge in [0.1, 0.15) is 16.7 Å². The molecule has 3 aromatic rings. The van der Waals surface area contributed by atoms with Crippen molar-refractivity contribution in [2.75, 3.05) is 18.6 Å². The molecule has 0 spiro atoms. The van der Waals surface area contributed by atoms with Gasteiger partial charge in [0.05, 0.1) is 30.3 Å². The number of thiazole rings is 1. The predicted molar refractivity (Wildman–Crippen MR) is 123 cm³/mol. The maximum absolute atomic E-state index is 13.6. The lowest BCUT2D eigenvalue weighted by atomic mass is 9.83. The number of nitrogens with one attached hydrogen (secondary N) is 1. The van der Waals surface area contributed by atoms with Crippen LogP contribution in [-0.4, -0.2) is 35.8 Å². The number of carbonyl (C=O) groups is 2. The van der Waals surface area contributed by atoms with Crippen molar-refractivity contribution in [3.63, 3.8) is 0 Å². The summed E-state index contributed by atoms with van der Waals surface area (Å²) in [7, 11) is 1.59. The number of ether oxygens (including phenoxy) is 2. The van der Waals surface area contributed by atoms with Gasteiger partial charge in [-0.1, -0.05) is 35.2 Å². The molecule has 1 saturated heterocycles. The third kappa shape index (κ3) is 3.32. The largest absolute Gasteiger partial charge is 0.497 e. The molecule has 2 aliphatic rings. The van der Waals surface area contributed by atoms with E-state index in [0.717, 1.165) is 21.8 Å². The van der Waals surface area contributed by atoms with Gasteiger partial charge >= 0.3 is 4.87 Å². The highest BCUT2D eigenvalue weighted by molar-refractivity contribution is 8.00. The van der Waals surface area contributed by atoms with E-state index in [-0.39, 0.29) is 16.7 Å². The minimum atomic E-state index is -0.612. The Hall–Kier alpha value is -3.04. The van der Waals surface area contributed by atoms with Crippen molar-refractivity contribution < 1.29 is 19.1 Å². The van der Waals surface area contributed by atoms with Gasteiger partial charge in [-0.25, -0.2) is 4.90 Å². The van der Waals surface area contributed by atoms with Gasteiger partial charge in [0.25, 0.3) is 0 Å². The summed E-state index contributed by atoms with van der Waals surface area (Å²) in [6.45, 7) is 2.43. The molecule has 2 aliphatic heterocycles. The lowest BCUT2D eigenvalue weighted by molar-refractivity contribution is -0.122. The number of thioether (sulfide) groups is 1. The molecule has 164 valence electrons. The zero-order valence-electron chi connectivity index (χ0n) is 17.4. The molecule has 3 unspecified atom stereocenters. The van der Waals surface area contributed by atoms with Gasteiger partial charge in [0.2, 0.25) is 11.8 Å². The van der Waals surface area contributed by atoms with Crippen molar-refractivity contribution in [2.24, 2.45) is 5.92 Å².